The van der Waals surface area contributed by atoms with E-state index in [2.05, 4.69) is 182 Å². The molecule has 0 saturated carbocycles. The molecular weight excluding hydrogens is 657 g/mol. The molecular formula is C51H32N2O. The van der Waals surface area contributed by atoms with Crippen LogP contribution in [0.3, 0.4) is 0 Å². The van der Waals surface area contributed by atoms with E-state index in [9.17, 15) is 0 Å². The van der Waals surface area contributed by atoms with Gasteiger partial charge in [0, 0.05) is 27.6 Å². The summed E-state index contributed by atoms with van der Waals surface area (Å²) in [5.74, 6) is 2.45. The molecule has 0 bridgehead atoms. The zero-order valence-corrected chi connectivity index (χ0v) is 29.3. The predicted molar refractivity (Wildman–Crippen MR) is 219 cm³/mol. The molecule has 1 aromatic heterocycles. The van der Waals surface area contributed by atoms with Crippen molar-refractivity contribution in [1.82, 2.24) is 9.97 Å². The fraction of sp³-hybridized carbons (Fsp3) is 0.0196. The van der Waals surface area contributed by atoms with Crippen molar-refractivity contribution in [3.8, 4) is 67.5 Å². The van der Waals surface area contributed by atoms with Crippen LogP contribution in [0.25, 0.3) is 66.9 Å². The molecule has 0 fully saturated rings. The Morgan fingerprint density at radius 1 is 0.352 bits per heavy atom. The summed E-state index contributed by atoms with van der Waals surface area (Å²) in [6, 6.07) is 68.8. The molecule has 54 heavy (non-hydrogen) atoms. The molecule has 11 rings (SSSR count). The van der Waals surface area contributed by atoms with E-state index in [0.717, 1.165) is 55.9 Å². The topological polar surface area (TPSA) is 35.0 Å². The number of fused-ring (bicyclic) bond motifs is 10. The highest BCUT2D eigenvalue weighted by molar-refractivity contribution is 5.94. The Labute approximate surface area is 313 Å². The summed E-state index contributed by atoms with van der Waals surface area (Å²) < 4.78 is 6.80. The van der Waals surface area contributed by atoms with Gasteiger partial charge >= 0.3 is 0 Å². The SMILES string of the molecule is c1ccc(-c2ccc(-c3nc(-c4cccc(-c5ccc6c(c5)Oc5ccccc5C65c6ccccc6-c6ccccc65)c4)nc4ccccc34)cc2)cc1. The van der Waals surface area contributed by atoms with Crippen molar-refractivity contribution in [2.45, 2.75) is 5.41 Å². The summed E-state index contributed by atoms with van der Waals surface area (Å²) in [5.41, 5.74) is 15.3. The molecule has 1 aliphatic heterocycles. The lowest BCUT2D eigenvalue weighted by Gasteiger charge is -2.39. The standard InChI is InChI=1S/C51H32N2O/c1-2-13-33(14-3-1)34-25-27-35(28-26-34)49-41-19-6-10-23-46(41)52-50(53-49)38-16-12-15-36(31-38)37-29-30-45-48(32-37)54-47-24-11-9-22-44(47)51(45)42-20-7-4-17-39(42)40-18-5-8-21-43(40)51/h1-32H. The van der Waals surface area contributed by atoms with E-state index >= 15 is 0 Å². The van der Waals surface area contributed by atoms with Crippen LogP contribution in [0.4, 0.5) is 0 Å². The number of benzene rings is 8. The van der Waals surface area contributed by atoms with Crippen LogP contribution in [0.2, 0.25) is 0 Å². The number of ether oxygens (including phenoxy) is 1. The summed E-state index contributed by atoms with van der Waals surface area (Å²) in [6.45, 7) is 0. The highest BCUT2D eigenvalue weighted by Crippen LogP contribution is 2.62. The van der Waals surface area contributed by atoms with E-state index in [0.29, 0.717) is 5.82 Å². The summed E-state index contributed by atoms with van der Waals surface area (Å²) >= 11 is 0. The van der Waals surface area contributed by atoms with Gasteiger partial charge in [-0.05, 0) is 68.8 Å². The molecule has 9 aromatic rings. The molecule has 0 radical (unpaired) electrons. The lowest BCUT2D eigenvalue weighted by molar-refractivity contribution is 0.436. The minimum atomic E-state index is -0.480. The van der Waals surface area contributed by atoms with Gasteiger partial charge < -0.3 is 4.74 Å². The number of para-hydroxylation sites is 2. The first-order valence-corrected chi connectivity index (χ1v) is 18.4. The van der Waals surface area contributed by atoms with Crippen molar-refractivity contribution in [2.75, 3.05) is 0 Å². The fourth-order valence-electron chi connectivity index (χ4n) is 8.76. The van der Waals surface area contributed by atoms with Crippen LogP contribution in [0, 0.1) is 0 Å². The maximum absolute atomic E-state index is 6.80. The van der Waals surface area contributed by atoms with Gasteiger partial charge in [0.05, 0.1) is 16.6 Å². The highest BCUT2D eigenvalue weighted by Gasteiger charge is 2.50. The predicted octanol–water partition coefficient (Wildman–Crippen LogP) is 12.8. The lowest BCUT2D eigenvalue weighted by atomic mass is 9.66. The summed E-state index contributed by atoms with van der Waals surface area (Å²) in [6.07, 6.45) is 0. The second kappa shape index (κ2) is 12.0. The van der Waals surface area contributed by atoms with Gasteiger partial charge in [0.2, 0.25) is 0 Å². The third-order valence-corrected chi connectivity index (χ3v) is 11.2. The first-order valence-electron chi connectivity index (χ1n) is 18.4. The molecule has 3 nitrogen and oxygen atoms in total. The van der Waals surface area contributed by atoms with Crippen LogP contribution in [-0.2, 0) is 5.41 Å². The smallest absolute Gasteiger partial charge is 0.160 e. The molecule has 2 aliphatic rings. The Morgan fingerprint density at radius 3 is 1.70 bits per heavy atom. The average molecular weight is 689 g/mol. The van der Waals surface area contributed by atoms with Gasteiger partial charge in [0.1, 0.15) is 11.5 Å². The van der Waals surface area contributed by atoms with Gasteiger partial charge in [-0.25, -0.2) is 9.97 Å². The first-order chi connectivity index (χ1) is 26.8. The second-order valence-corrected chi connectivity index (χ2v) is 14.1. The van der Waals surface area contributed by atoms with Gasteiger partial charge in [0.25, 0.3) is 0 Å². The number of hydrogen-bond acceptors (Lipinski definition) is 3. The lowest BCUT2D eigenvalue weighted by Crippen LogP contribution is -2.32. The van der Waals surface area contributed by atoms with Gasteiger partial charge in [-0.1, -0.05) is 170 Å². The Hall–Kier alpha value is -7.10. The average Bonchev–Trinajstić information content (AvgIpc) is 3.54. The minimum absolute atomic E-state index is 0.480. The van der Waals surface area contributed by atoms with E-state index < -0.39 is 5.41 Å². The summed E-state index contributed by atoms with van der Waals surface area (Å²) in [5, 5.41) is 1.03. The van der Waals surface area contributed by atoms with Crippen molar-refractivity contribution in [2.24, 2.45) is 0 Å². The van der Waals surface area contributed by atoms with Crippen molar-refractivity contribution >= 4 is 10.9 Å². The molecule has 0 unspecified atom stereocenters. The zero-order valence-electron chi connectivity index (χ0n) is 29.3. The number of hydrogen-bond donors (Lipinski definition) is 0. The van der Waals surface area contributed by atoms with Crippen LogP contribution < -0.4 is 4.74 Å². The zero-order chi connectivity index (χ0) is 35.6. The minimum Gasteiger partial charge on any atom is -0.457 e. The number of nitrogens with zero attached hydrogens (tertiary/aromatic N) is 2. The molecule has 2 heterocycles. The van der Waals surface area contributed by atoms with Crippen molar-refractivity contribution < 1.29 is 4.74 Å². The summed E-state index contributed by atoms with van der Waals surface area (Å²) in [4.78, 5) is 10.3. The van der Waals surface area contributed by atoms with E-state index in [1.807, 2.05) is 12.1 Å². The molecule has 1 spiro atoms. The Kier molecular flexibility index (Phi) is 6.77. The monoisotopic (exact) mass is 688 g/mol. The Morgan fingerprint density at radius 2 is 0.907 bits per heavy atom. The van der Waals surface area contributed by atoms with E-state index in [1.54, 1.807) is 0 Å². The Bertz CT molecular complexity index is 2870. The van der Waals surface area contributed by atoms with Crippen LogP contribution in [0.5, 0.6) is 11.5 Å². The Balaban J connectivity index is 1.03. The molecule has 0 saturated heterocycles. The first kappa shape index (κ1) is 30.5. The normalized spacial score (nSPS) is 13.1. The third kappa shape index (κ3) is 4.55. The van der Waals surface area contributed by atoms with Crippen LogP contribution in [0.15, 0.2) is 194 Å². The maximum Gasteiger partial charge on any atom is 0.160 e. The fourth-order valence-corrected chi connectivity index (χ4v) is 8.76. The van der Waals surface area contributed by atoms with Crippen molar-refractivity contribution in [3.05, 3.63) is 216 Å². The van der Waals surface area contributed by atoms with Gasteiger partial charge in [0.15, 0.2) is 5.82 Å². The highest BCUT2D eigenvalue weighted by atomic mass is 16.5. The quantitative estimate of drug-likeness (QED) is 0.185. The summed E-state index contributed by atoms with van der Waals surface area (Å²) in [7, 11) is 0. The molecule has 8 aromatic carbocycles. The van der Waals surface area contributed by atoms with Crippen LogP contribution >= 0.6 is 0 Å². The second-order valence-electron chi connectivity index (χ2n) is 14.1. The van der Waals surface area contributed by atoms with Gasteiger partial charge in [-0.3, -0.25) is 0 Å². The number of rotatable bonds is 4. The molecule has 3 heteroatoms. The molecule has 0 amide bonds. The van der Waals surface area contributed by atoms with Gasteiger partial charge in [-0.15, -0.1) is 0 Å². The van der Waals surface area contributed by atoms with Gasteiger partial charge in [-0.2, -0.15) is 0 Å². The molecule has 252 valence electrons. The number of aromatic nitrogens is 2. The van der Waals surface area contributed by atoms with E-state index in [-0.39, 0.29) is 0 Å². The van der Waals surface area contributed by atoms with E-state index in [1.165, 1.54) is 38.9 Å². The van der Waals surface area contributed by atoms with Crippen molar-refractivity contribution in [1.29, 1.82) is 0 Å². The third-order valence-electron chi connectivity index (χ3n) is 11.2. The van der Waals surface area contributed by atoms with Crippen molar-refractivity contribution in [3.63, 3.8) is 0 Å². The van der Waals surface area contributed by atoms with E-state index in [4.69, 9.17) is 14.7 Å². The molecule has 1 aliphatic carbocycles. The van der Waals surface area contributed by atoms with Crippen LogP contribution in [0.1, 0.15) is 22.3 Å². The molecule has 0 atom stereocenters. The molecule has 0 N–H and O–H groups in total. The largest absolute Gasteiger partial charge is 0.457 e. The van der Waals surface area contributed by atoms with Crippen LogP contribution in [-0.4, -0.2) is 9.97 Å². The maximum atomic E-state index is 6.80.